The van der Waals surface area contributed by atoms with E-state index in [2.05, 4.69) is 31.2 Å². The van der Waals surface area contributed by atoms with Crippen molar-refractivity contribution in [2.75, 3.05) is 6.54 Å². The zero-order valence-electron chi connectivity index (χ0n) is 13.3. The van der Waals surface area contributed by atoms with Crippen LogP contribution in [0.5, 0.6) is 0 Å². The van der Waals surface area contributed by atoms with Gasteiger partial charge in [0.15, 0.2) is 0 Å². The molecule has 0 spiro atoms. The topological polar surface area (TPSA) is 29.9 Å². The van der Waals surface area contributed by atoms with Crippen molar-refractivity contribution in [2.24, 2.45) is 12.5 Å². The Hall–Kier alpha value is -0.540. The summed E-state index contributed by atoms with van der Waals surface area (Å²) in [6, 6.07) is 0.541. The molecule has 1 heterocycles. The van der Waals surface area contributed by atoms with Crippen molar-refractivity contribution in [3.63, 3.8) is 0 Å². The molecule has 0 radical (unpaired) electrons. The van der Waals surface area contributed by atoms with Gasteiger partial charge >= 0.3 is 0 Å². The third kappa shape index (κ3) is 3.56. The summed E-state index contributed by atoms with van der Waals surface area (Å²) < 4.78 is 1.80. The number of rotatable bonds is 5. The van der Waals surface area contributed by atoms with Crippen LogP contribution in [0.25, 0.3) is 0 Å². The van der Waals surface area contributed by atoms with Gasteiger partial charge in [0.25, 0.3) is 0 Å². The van der Waals surface area contributed by atoms with E-state index in [4.69, 9.17) is 11.6 Å². The molecule has 0 bridgehead atoms. The van der Waals surface area contributed by atoms with Gasteiger partial charge in [-0.2, -0.15) is 5.10 Å². The molecule has 20 heavy (non-hydrogen) atoms. The van der Waals surface area contributed by atoms with E-state index in [0.717, 1.165) is 23.8 Å². The Kier molecular flexibility index (Phi) is 5.14. The highest BCUT2D eigenvalue weighted by Gasteiger charge is 2.34. The van der Waals surface area contributed by atoms with Gasteiger partial charge in [-0.05, 0) is 31.6 Å². The van der Waals surface area contributed by atoms with E-state index >= 15 is 0 Å². The van der Waals surface area contributed by atoms with Gasteiger partial charge in [0, 0.05) is 25.2 Å². The van der Waals surface area contributed by atoms with E-state index in [1.165, 1.54) is 37.7 Å². The summed E-state index contributed by atoms with van der Waals surface area (Å²) in [5.41, 5.74) is 2.70. The number of nitrogens with one attached hydrogen (secondary N) is 1. The molecule has 0 atom stereocenters. The van der Waals surface area contributed by atoms with Crippen molar-refractivity contribution >= 4 is 11.6 Å². The summed E-state index contributed by atoms with van der Waals surface area (Å²) in [5.74, 6) is 0. The molecule has 3 nitrogen and oxygen atoms in total. The van der Waals surface area contributed by atoms with Crippen LogP contribution in [0, 0.1) is 12.3 Å². The maximum atomic E-state index is 6.44. The van der Waals surface area contributed by atoms with Gasteiger partial charge in [0.2, 0.25) is 0 Å². The first-order valence-electron chi connectivity index (χ1n) is 7.85. The maximum absolute atomic E-state index is 6.44. The van der Waals surface area contributed by atoms with E-state index < -0.39 is 0 Å². The standard InChI is InChI=1S/C16H28ClN3/c1-12(2)18-11-16(8-6-5-7-9-16)10-14-13(3)19-20(4)15(14)17/h12,18H,5-11H2,1-4H3. The minimum Gasteiger partial charge on any atom is -0.314 e. The monoisotopic (exact) mass is 297 g/mol. The van der Waals surface area contributed by atoms with E-state index in [9.17, 15) is 0 Å². The average Bonchev–Trinajstić information content (AvgIpc) is 2.64. The summed E-state index contributed by atoms with van der Waals surface area (Å²) in [6.07, 6.45) is 7.73. The zero-order valence-corrected chi connectivity index (χ0v) is 14.1. The SMILES string of the molecule is Cc1nn(C)c(Cl)c1CC1(CNC(C)C)CCCCC1. The molecule has 1 saturated carbocycles. The highest BCUT2D eigenvalue weighted by molar-refractivity contribution is 6.30. The molecule has 1 N–H and O–H groups in total. The number of nitrogens with zero attached hydrogens (tertiary/aromatic N) is 2. The van der Waals surface area contributed by atoms with Gasteiger partial charge in [-0.15, -0.1) is 0 Å². The Morgan fingerprint density at radius 3 is 2.45 bits per heavy atom. The molecule has 0 amide bonds. The fourth-order valence-corrected chi connectivity index (χ4v) is 3.63. The zero-order chi connectivity index (χ0) is 14.8. The Balaban J connectivity index is 2.18. The van der Waals surface area contributed by atoms with Gasteiger partial charge in [0.05, 0.1) is 5.69 Å². The lowest BCUT2D eigenvalue weighted by molar-refractivity contribution is 0.176. The molecule has 0 aliphatic heterocycles. The van der Waals surface area contributed by atoms with Crippen molar-refractivity contribution < 1.29 is 0 Å². The summed E-state index contributed by atoms with van der Waals surface area (Å²) >= 11 is 6.44. The summed E-state index contributed by atoms with van der Waals surface area (Å²) in [4.78, 5) is 0. The Labute approximate surface area is 128 Å². The van der Waals surface area contributed by atoms with Crippen molar-refractivity contribution in [3.05, 3.63) is 16.4 Å². The van der Waals surface area contributed by atoms with Crippen LogP contribution in [-0.2, 0) is 13.5 Å². The molecular formula is C16H28ClN3. The van der Waals surface area contributed by atoms with Crippen LogP contribution in [-0.4, -0.2) is 22.4 Å². The van der Waals surface area contributed by atoms with Crippen LogP contribution in [0.15, 0.2) is 0 Å². The van der Waals surface area contributed by atoms with Gasteiger partial charge in [-0.25, -0.2) is 0 Å². The molecule has 1 aliphatic rings. The summed E-state index contributed by atoms with van der Waals surface area (Å²) in [6.45, 7) is 7.61. The van der Waals surface area contributed by atoms with Crippen molar-refractivity contribution in [2.45, 2.75) is 65.3 Å². The molecule has 1 aliphatic carbocycles. The van der Waals surface area contributed by atoms with Crippen LogP contribution >= 0.6 is 11.6 Å². The van der Waals surface area contributed by atoms with Gasteiger partial charge in [0.1, 0.15) is 5.15 Å². The second-order valence-electron chi connectivity index (χ2n) is 6.75. The second-order valence-corrected chi connectivity index (χ2v) is 7.11. The van der Waals surface area contributed by atoms with Gasteiger partial charge in [-0.3, -0.25) is 4.68 Å². The summed E-state index contributed by atoms with van der Waals surface area (Å²) in [7, 11) is 1.93. The fourth-order valence-electron chi connectivity index (χ4n) is 3.39. The Bertz CT molecular complexity index is 445. The number of aromatic nitrogens is 2. The van der Waals surface area contributed by atoms with Crippen LogP contribution in [0.2, 0.25) is 5.15 Å². The number of halogens is 1. The number of hydrogen-bond acceptors (Lipinski definition) is 2. The minimum atomic E-state index is 0.361. The van der Waals surface area contributed by atoms with Crippen molar-refractivity contribution in [1.82, 2.24) is 15.1 Å². The summed E-state index contributed by atoms with van der Waals surface area (Å²) in [5, 5.41) is 8.94. The smallest absolute Gasteiger partial charge is 0.130 e. The molecule has 1 aromatic rings. The van der Waals surface area contributed by atoms with Gasteiger partial charge < -0.3 is 5.32 Å². The first-order valence-corrected chi connectivity index (χ1v) is 8.23. The third-order valence-electron chi connectivity index (χ3n) is 4.62. The van der Waals surface area contributed by atoms with Crippen LogP contribution in [0.4, 0.5) is 0 Å². The molecule has 2 rings (SSSR count). The Morgan fingerprint density at radius 2 is 1.95 bits per heavy atom. The van der Waals surface area contributed by atoms with E-state index in [-0.39, 0.29) is 0 Å². The molecule has 0 aromatic carbocycles. The normalized spacial score (nSPS) is 18.7. The molecule has 1 fully saturated rings. The molecule has 1 aromatic heterocycles. The van der Waals surface area contributed by atoms with Gasteiger partial charge in [-0.1, -0.05) is 44.7 Å². The fraction of sp³-hybridized carbons (Fsp3) is 0.812. The first kappa shape index (κ1) is 15.8. The molecule has 114 valence electrons. The minimum absolute atomic E-state index is 0.361. The largest absolute Gasteiger partial charge is 0.314 e. The average molecular weight is 298 g/mol. The van der Waals surface area contributed by atoms with E-state index in [1.807, 2.05) is 7.05 Å². The molecule has 4 heteroatoms. The highest BCUT2D eigenvalue weighted by Crippen LogP contribution is 2.40. The quantitative estimate of drug-likeness (QED) is 0.894. The molecule has 0 unspecified atom stereocenters. The molecular weight excluding hydrogens is 270 g/mol. The Morgan fingerprint density at radius 1 is 1.30 bits per heavy atom. The van der Waals surface area contributed by atoms with Crippen LogP contribution < -0.4 is 5.32 Å². The second kappa shape index (κ2) is 6.48. The van der Waals surface area contributed by atoms with E-state index in [1.54, 1.807) is 4.68 Å². The van der Waals surface area contributed by atoms with Crippen molar-refractivity contribution in [3.8, 4) is 0 Å². The van der Waals surface area contributed by atoms with E-state index in [0.29, 0.717) is 11.5 Å². The lowest BCUT2D eigenvalue weighted by Gasteiger charge is -2.38. The lowest BCUT2D eigenvalue weighted by Crippen LogP contribution is -2.40. The molecule has 0 saturated heterocycles. The third-order valence-corrected chi connectivity index (χ3v) is 5.09. The lowest BCUT2D eigenvalue weighted by atomic mass is 9.70. The number of aryl methyl sites for hydroxylation is 2. The first-order chi connectivity index (χ1) is 9.43. The highest BCUT2D eigenvalue weighted by atomic mass is 35.5. The predicted molar refractivity (Wildman–Crippen MR) is 85.3 cm³/mol. The van der Waals surface area contributed by atoms with Crippen molar-refractivity contribution in [1.29, 1.82) is 0 Å². The number of hydrogen-bond donors (Lipinski definition) is 1. The van der Waals surface area contributed by atoms with Crippen LogP contribution in [0.1, 0.15) is 57.2 Å². The maximum Gasteiger partial charge on any atom is 0.130 e. The predicted octanol–water partition coefficient (Wildman–Crippen LogP) is 3.87. The van der Waals surface area contributed by atoms with Crippen LogP contribution in [0.3, 0.4) is 0 Å².